The van der Waals surface area contributed by atoms with Crippen molar-refractivity contribution in [1.29, 1.82) is 0 Å². The minimum absolute atomic E-state index is 0.0114. The number of ether oxygens (including phenoxy) is 2. The van der Waals surface area contributed by atoms with Gasteiger partial charge in [0.25, 0.3) is 0 Å². The Kier molecular flexibility index (Phi) is 7.42. The molecular weight excluding hydrogens is 334 g/mol. The average molecular weight is 363 g/mol. The number of hydrogen-bond donors (Lipinski definition) is 1. The van der Waals surface area contributed by atoms with E-state index < -0.39 is 10.0 Å². The van der Waals surface area contributed by atoms with Gasteiger partial charge in [-0.3, -0.25) is 4.79 Å². The van der Waals surface area contributed by atoms with Crippen LogP contribution in [0.3, 0.4) is 0 Å². The van der Waals surface area contributed by atoms with Crippen LogP contribution in [0.2, 0.25) is 0 Å². The van der Waals surface area contributed by atoms with Crippen molar-refractivity contribution in [2.75, 3.05) is 58.3 Å². The van der Waals surface area contributed by atoms with E-state index in [1.165, 1.54) is 4.31 Å². The number of rotatable bonds is 7. The molecule has 1 atom stereocenters. The summed E-state index contributed by atoms with van der Waals surface area (Å²) in [5.41, 5.74) is 0. The Morgan fingerprint density at radius 2 is 2.00 bits per heavy atom. The SMILES string of the molecule is CC(C)OCCS(=O)(=O)N1CCN(C(=O)CC2COCCN2)CC1. The number of carbonyl (C=O) groups is 1. The zero-order valence-corrected chi connectivity index (χ0v) is 15.4. The zero-order valence-electron chi connectivity index (χ0n) is 14.6. The lowest BCUT2D eigenvalue weighted by Gasteiger charge is -2.35. The van der Waals surface area contributed by atoms with Crippen LogP contribution in [0, 0.1) is 0 Å². The molecule has 2 aliphatic heterocycles. The van der Waals surface area contributed by atoms with Crippen molar-refractivity contribution in [2.24, 2.45) is 0 Å². The molecule has 140 valence electrons. The molecular formula is C15H29N3O5S. The summed E-state index contributed by atoms with van der Waals surface area (Å²) in [6.45, 7) is 7.54. The van der Waals surface area contributed by atoms with Crippen molar-refractivity contribution in [3.05, 3.63) is 0 Å². The average Bonchev–Trinajstić information content (AvgIpc) is 2.55. The fourth-order valence-corrected chi connectivity index (χ4v) is 4.11. The molecule has 0 aromatic rings. The lowest BCUT2D eigenvalue weighted by Crippen LogP contribution is -2.53. The van der Waals surface area contributed by atoms with E-state index in [2.05, 4.69) is 5.32 Å². The highest BCUT2D eigenvalue weighted by molar-refractivity contribution is 7.89. The van der Waals surface area contributed by atoms with Gasteiger partial charge in [0, 0.05) is 45.2 Å². The first kappa shape index (κ1) is 19.6. The van der Waals surface area contributed by atoms with Gasteiger partial charge in [-0.1, -0.05) is 0 Å². The second kappa shape index (κ2) is 9.10. The Morgan fingerprint density at radius 1 is 1.29 bits per heavy atom. The number of morpholine rings is 1. The molecule has 2 heterocycles. The van der Waals surface area contributed by atoms with Crippen LogP contribution < -0.4 is 5.32 Å². The Labute approximate surface area is 144 Å². The van der Waals surface area contributed by atoms with Crippen molar-refractivity contribution < 1.29 is 22.7 Å². The molecule has 9 heteroatoms. The topological polar surface area (TPSA) is 88.2 Å². The van der Waals surface area contributed by atoms with Crippen molar-refractivity contribution in [3.63, 3.8) is 0 Å². The first-order chi connectivity index (χ1) is 11.4. The third kappa shape index (κ3) is 5.96. The molecule has 1 unspecified atom stereocenters. The molecule has 0 bridgehead atoms. The van der Waals surface area contributed by atoms with Crippen LogP contribution in [0.25, 0.3) is 0 Å². The number of piperazine rings is 1. The minimum atomic E-state index is -3.32. The van der Waals surface area contributed by atoms with Crippen molar-refractivity contribution >= 4 is 15.9 Å². The standard InChI is InChI=1S/C15H29N3O5S/c1-13(2)23-9-10-24(20,21)18-6-4-17(5-7-18)15(19)11-14-12-22-8-3-16-14/h13-14,16H,3-12H2,1-2H3. The summed E-state index contributed by atoms with van der Waals surface area (Å²) in [5, 5.41) is 3.26. The highest BCUT2D eigenvalue weighted by atomic mass is 32.2. The number of hydrogen-bond acceptors (Lipinski definition) is 6. The molecule has 2 aliphatic rings. The largest absolute Gasteiger partial charge is 0.378 e. The lowest BCUT2D eigenvalue weighted by molar-refractivity contribution is -0.133. The Balaban J connectivity index is 1.74. The summed E-state index contributed by atoms with van der Waals surface area (Å²) in [4.78, 5) is 14.1. The van der Waals surface area contributed by atoms with E-state index in [1.807, 2.05) is 13.8 Å². The molecule has 1 amide bonds. The van der Waals surface area contributed by atoms with Crippen LogP contribution in [0.4, 0.5) is 0 Å². The Morgan fingerprint density at radius 3 is 2.58 bits per heavy atom. The van der Waals surface area contributed by atoms with Gasteiger partial charge in [-0.25, -0.2) is 8.42 Å². The monoisotopic (exact) mass is 363 g/mol. The predicted molar refractivity (Wildman–Crippen MR) is 90.3 cm³/mol. The molecule has 24 heavy (non-hydrogen) atoms. The first-order valence-corrected chi connectivity index (χ1v) is 10.2. The third-order valence-corrected chi connectivity index (χ3v) is 6.03. The van der Waals surface area contributed by atoms with Crippen LogP contribution in [0.15, 0.2) is 0 Å². The molecule has 0 aromatic carbocycles. The summed E-state index contributed by atoms with van der Waals surface area (Å²) >= 11 is 0. The lowest BCUT2D eigenvalue weighted by atomic mass is 10.1. The van der Waals surface area contributed by atoms with Gasteiger partial charge in [-0.2, -0.15) is 4.31 Å². The molecule has 0 spiro atoms. The third-order valence-electron chi connectivity index (χ3n) is 4.20. The van der Waals surface area contributed by atoms with Crippen LogP contribution in [0.1, 0.15) is 20.3 Å². The molecule has 2 fully saturated rings. The maximum Gasteiger partial charge on any atom is 0.224 e. The van der Waals surface area contributed by atoms with E-state index in [4.69, 9.17) is 9.47 Å². The smallest absolute Gasteiger partial charge is 0.224 e. The summed E-state index contributed by atoms with van der Waals surface area (Å²) in [7, 11) is -3.32. The van der Waals surface area contributed by atoms with E-state index in [9.17, 15) is 13.2 Å². The summed E-state index contributed by atoms with van der Waals surface area (Å²) in [6.07, 6.45) is 0.418. The van der Waals surface area contributed by atoms with Gasteiger partial charge in [0.05, 0.1) is 31.7 Å². The Hall–Kier alpha value is -0.740. The van der Waals surface area contributed by atoms with Gasteiger partial charge < -0.3 is 19.7 Å². The van der Waals surface area contributed by atoms with E-state index in [0.717, 1.165) is 6.54 Å². The van der Waals surface area contributed by atoms with E-state index in [0.29, 0.717) is 45.8 Å². The van der Waals surface area contributed by atoms with Gasteiger partial charge in [0.1, 0.15) is 0 Å². The maximum absolute atomic E-state index is 12.3. The molecule has 1 N–H and O–H groups in total. The number of amides is 1. The van der Waals surface area contributed by atoms with Gasteiger partial charge in [0.15, 0.2) is 0 Å². The van der Waals surface area contributed by atoms with Crippen molar-refractivity contribution in [2.45, 2.75) is 32.4 Å². The molecule has 8 nitrogen and oxygen atoms in total. The number of nitrogens with one attached hydrogen (secondary N) is 1. The molecule has 0 saturated carbocycles. The van der Waals surface area contributed by atoms with E-state index in [-0.39, 0.29) is 30.4 Å². The maximum atomic E-state index is 12.3. The zero-order chi connectivity index (χ0) is 17.6. The van der Waals surface area contributed by atoms with Crippen LogP contribution in [-0.2, 0) is 24.3 Å². The van der Waals surface area contributed by atoms with Gasteiger partial charge >= 0.3 is 0 Å². The van der Waals surface area contributed by atoms with Crippen LogP contribution in [0.5, 0.6) is 0 Å². The molecule has 0 aromatic heterocycles. The van der Waals surface area contributed by atoms with Crippen LogP contribution in [-0.4, -0.2) is 94.0 Å². The second-order valence-electron chi connectivity index (χ2n) is 6.45. The predicted octanol–water partition coefficient (Wildman–Crippen LogP) is -0.736. The highest BCUT2D eigenvalue weighted by Gasteiger charge is 2.29. The summed E-state index contributed by atoms with van der Waals surface area (Å²) in [6, 6.07) is 0.0567. The quantitative estimate of drug-likeness (QED) is 0.641. The van der Waals surface area contributed by atoms with Crippen molar-refractivity contribution in [3.8, 4) is 0 Å². The van der Waals surface area contributed by atoms with E-state index >= 15 is 0 Å². The molecule has 2 saturated heterocycles. The minimum Gasteiger partial charge on any atom is -0.378 e. The van der Waals surface area contributed by atoms with Crippen LogP contribution >= 0.6 is 0 Å². The molecule has 0 radical (unpaired) electrons. The number of carbonyl (C=O) groups excluding carboxylic acids is 1. The first-order valence-electron chi connectivity index (χ1n) is 8.57. The Bertz CT molecular complexity index is 497. The van der Waals surface area contributed by atoms with Gasteiger partial charge in [-0.05, 0) is 13.8 Å². The summed E-state index contributed by atoms with van der Waals surface area (Å²) < 4.78 is 36.7. The number of sulfonamides is 1. The second-order valence-corrected chi connectivity index (χ2v) is 8.53. The highest BCUT2D eigenvalue weighted by Crippen LogP contribution is 2.11. The molecule has 0 aliphatic carbocycles. The van der Waals surface area contributed by atoms with Gasteiger partial charge in [-0.15, -0.1) is 0 Å². The summed E-state index contributed by atoms with van der Waals surface area (Å²) in [5.74, 6) is 0.0424. The fraction of sp³-hybridized carbons (Fsp3) is 0.933. The molecule has 2 rings (SSSR count). The normalized spacial score (nSPS) is 23.6. The van der Waals surface area contributed by atoms with E-state index in [1.54, 1.807) is 4.90 Å². The fourth-order valence-electron chi connectivity index (χ4n) is 2.82. The number of nitrogens with zero attached hydrogens (tertiary/aromatic N) is 2. The van der Waals surface area contributed by atoms with Crippen molar-refractivity contribution in [1.82, 2.24) is 14.5 Å². The van der Waals surface area contributed by atoms with Gasteiger partial charge in [0.2, 0.25) is 15.9 Å².